The van der Waals surface area contributed by atoms with Crippen molar-refractivity contribution in [1.29, 1.82) is 0 Å². The molecule has 0 aromatic heterocycles. The molecule has 2 aromatic carbocycles. The predicted molar refractivity (Wildman–Crippen MR) is 76.3 cm³/mol. The Morgan fingerprint density at radius 3 is 2.85 bits per heavy atom. The van der Waals surface area contributed by atoms with Crippen molar-refractivity contribution in [2.75, 3.05) is 6.79 Å². The zero-order chi connectivity index (χ0) is 13.9. The molecule has 0 unspecified atom stereocenters. The fraction of sp³-hybridized carbons (Fsp3) is 0.125. The second kappa shape index (κ2) is 5.17. The highest BCUT2D eigenvalue weighted by Crippen LogP contribution is 2.32. The van der Waals surface area contributed by atoms with Crippen molar-refractivity contribution in [2.24, 2.45) is 4.99 Å². The highest BCUT2D eigenvalue weighted by molar-refractivity contribution is 5.95. The molecule has 20 heavy (non-hydrogen) atoms. The summed E-state index contributed by atoms with van der Waals surface area (Å²) in [6.45, 7) is 1.80. The molecule has 0 saturated heterocycles. The van der Waals surface area contributed by atoms with E-state index in [2.05, 4.69) is 4.99 Å². The number of carbonyl (C=O) groups is 1. The number of rotatable bonds is 3. The monoisotopic (exact) mass is 267 g/mol. The number of aliphatic imine (C=N–C) groups is 1. The van der Waals surface area contributed by atoms with Crippen molar-refractivity contribution in [2.45, 2.75) is 6.92 Å². The molecule has 0 spiro atoms. The molecule has 100 valence electrons. The van der Waals surface area contributed by atoms with E-state index in [1.807, 2.05) is 30.3 Å². The van der Waals surface area contributed by atoms with Crippen LogP contribution in [0.3, 0.4) is 0 Å². The SMILES string of the molecule is CC(=O)c1cccc(N=Cc2ccc3c(c2)OCO3)c1. The van der Waals surface area contributed by atoms with E-state index < -0.39 is 0 Å². The van der Waals surface area contributed by atoms with Crippen LogP contribution < -0.4 is 9.47 Å². The second-order valence-corrected chi connectivity index (χ2v) is 4.48. The number of ether oxygens (including phenoxy) is 2. The summed E-state index contributed by atoms with van der Waals surface area (Å²) < 4.78 is 10.6. The predicted octanol–water partition coefficient (Wildman–Crippen LogP) is 3.37. The fourth-order valence-electron chi connectivity index (χ4n) is 1.95. The van der Waals surface area contributed by atoms with Crippen LogP contribution in [0.5, 0.6) is 11.5 Å². The number of ketones is 1. The number of hydrogen-bond acceptors (Lipinski definition) is 4. The lowest BCUT2D eigenvalue weighted by molar-refractivity contribution is 0.101. The number of hydrogen-bond donors (Lipinski definition) is 0. The second-order valence-electron chi connectivity index (χ2n) is 4.48. The lowest BCUT2D eigenvalue weighted by atomic mass is 10.1. The van der Waals surface area contributed by atoms with Gasteiger partial charge in [-0.2, -0.15) is 0 Å². The van der Waals surface area contributed by atoms with Gasteiger partial charge in [0.2, 0.25) is 6.79 Å². The Labute approximate surface area is 116 Å². The first-order chi connectivity index (χ1) is 9.72. The van der Waals surface area contributed by atoms with E-state index in [1.54, 1.807) is 25.3 Å². The third-order valence-electron chi connectivity index (χ3n) is 3.01. The van der Waals surface area contributed by atoms with Crippen LogP contribution in [0.15, 0.2) is 47.5 Å². The van der Waals surface area contributed by atoms with Gasteiger partial charge in [-0.1, -0.05) is 12.1 Å². The van der Waals surface area contributed by atoms with Crippen LogP contribution in [0, 0.1) is 0 Å². The van der Waals surface area contributed by atoms with E-state index in [1.165, 1.54) is 0 Å². The van der Waals surface area contributed by atoms with Gasteiger partial charge in [0.05, 0.1) is 5.69 Å². The molecule has 4 heteroatoms. The summed E-state index contributed by atoms with van der Waals surface area (Å²) in [6.07, 6.45) is 1.74. The van der Waals surface area contributed by atoms with Crippen LogP contribution >= 0.6 is 0 Å². The first-order valence-electron chi connectivity index (χ1n) is 6.27. The quantitative estimate of drug-likeness (QED) is 0.632. The van der Waals surface area contributed by atoms with Gasteiger partial charge in [-0.05, 0) is 42.8 Å². The molecule has 0 amide bonds. The van der Waals surface area contributed by atoms with Crippen molar-refractivity contribution in [3.8, 4) is 11.5 Å². The Morgan fingerprint density at radius 1 is 1.15 bits per heavy atom. The molecule has 0 atom stereocenters. The zero-order valence-electron chi connectivity index (χ0n) is 11.0. The Balaban J connectivity index is 1.83. The minimum Gasteiger partial charge on any atom is -0.454 e. The van der Waals surface area contributed by atoms with Crippen molar-refractivity contribution in [1.82, 2.24) is 0 Å². The summed E-state index contributed by atoms with van der Waals surface area (Å²) >= 11 is 0. The van der Waals surface area contributed by atoms with Gasteiger partial charge in [0.1, 0.15) is 0 Å². The van der Waals surface area contributed by atoms with Gasteiger partial charge in [-0.3, -0.25) is 9.79 Å². The summed E-state index contributed by atoms with van der Waals surface area (Å²) in [5.74, 6) is 1.51. The number of Topliss-reactive ketones (excluding diaryl/α,β-unsaturated/α-hetero) is 1. The first-order valence-corrected chi connectivity index (χ1v) is 6.27. The van der Waals surface area contributed by atoms with Crippen LogP contribution in [-0.4, -0.2) is 18.8 Å². The molecule has 3 rings (SSSR count). The molecule has 0 saturated carbocycles. The summed E-state index contributed by atoms with van der Waals surface area (Å²) in [5.41, 5.74) is 2.32. The van der Waals surface area contributed by atoms with Crippen molar-refractivity contribution in [3.05, 3.63) is 53.6 Å². The van der Waals surface area contributed by atoms with Crippen LogP contribution in [0.25, 0.3) is 0 Å². The first kappa shape index (κ1) is 12.4. The molecule has 0 radical (unpaired) electrons. The van der Waals surface area contributed by atoms with Crippen molar-refractivity contribution >= 4 is 17.7 Å². The van der Waals surface area contributed by atoms with Crippen molar-refractivity contribution in [3.63, 3.8) is 0 Å². The summed E-state index contributed by atoms with van der Waals surface area (Å²) in [6, 6.07) is 12.9. The molecule has 4 nitrogen and oxygen atoms in total. The average molecular weight is 267 g/mol. The molecule has 1 aliphatic heterocycles. The highest BCUT2D eigenvalue weighted by atomic mass is 16.7. The Morgan fingerprint density at radius 2 is 2.00 bits per heavy atom. The smallest absolute Gasteiger partial charge is 0.231 e. The van der Waals surface area contributed by atoms with E-state index in [-0.39, 0.29) is 12.6 Å². The topological polar surface area (TPSA) is 47.9 Å². The van der Waals surface area contributed by atoms with E-state index in [9.17, 15) is 4.79 Å². The summed E-state index contributed by atoms with van der Waals surface area (Å²) in [5, 5.41) is 0. The molecule has 2 aromatic rings. The maximum absolute atomic E-state index is 11.3. The minimum atomic E-state index is 0.0325. The van der Waals surface area contributed by atoms with Gasteiger partial charge in [-0.15, -0.1) is 0 Å². The molecule has 0 N–H and O–H groups in total. The van der Waals surface area contributed by atoms with Crippen molar-refractivity contribution < 1.29 is 14.3 Å². The number of benzene rings is 2. The third-order valence-corrected chi connectivity index (χ3v) is 3.01. The van der Waals surface area contributed by atoms with Gasteiger partial charge in [0.15, 0.2) is 17.3 Å². The number of nitrogens with zero attached hydrogens (tertiary/aromatic N) is 1. The lowest BCUT2D eigenvalue weighted by Gasteiger charge is -1.99. The van der Waals surface area contributed by atoms with E-state index >= 15 is 0 Å². The Bertz CT molecular complexity index is 692. The maximum atomic E-state index is 11.3. The molecule has 1 heterocycles. The molecular formula is C16H13NO3. The van der Waals surface area contributed by atoms with Crippen LogP contribution in [0.2, 0.25) is 0 Å². The molecular weight excluding hydrogens is 254 g/mol. The average Bonchev–Trinajstić information content (AvgIpc) is 2.93. The van der Waals surface area contributed by atoms with E-state index in [4.69, 9.17) is 9.47 Å². The van der Waals surface area contributed by atoms with Gasteiger partial charge >= 0.3 is 0 Å². The Kier molecular flexibility index (Phi) is 3.21. The maximum Gasteiger partial charge on any atom is 0.231 e. The van der Waals surface area contributed by atoms with Crippen LogP contribution in [0.4, 0.5) is 5.69 Å². The van der Waals surface area contributed by atoms with E-state index in [0.29, 0.717) is 5.56 Å². The number of fused-ring (bicyclic) bond motifs is 1. The standard InChI is InChI=1S/C16H13NO3/c1-11(18)13-3-2-4-14(8-13)17-9-12-5-6-15-16(7-12)20-10-19-15/h2-9H,10H2,1H3. The highest BCUT2D eigenvalue weighted by Gasteiger charge is 2.12. The fourth-order valence-corrected chi connectivity index (χ4v) is 1.95. The summed E-state index contributed by atoms with van der Waals surface area (Å²) in [7, 11) is 0. The van der Waals surface area contributed by atoms with Gasteiger partial charge in [0, 0.05) is 11.8 Å². The largest absolute Gasteiger partial charge is 0.454 e. The molecule has 1 aliphatic rings. The third kappa shape index (κ3) is 2.54. The van der Waals surface area contributed by atoms with Crippen LogP contribution in [0.1, 0.15) is 22.8 Å². The van der Waals surface area contributed by atoms with Gasteiger partial charge in [0.25, 0.3) is 0 Å². The number of carbonyl (C=O) groups excluding carboxylic acids is 1. The minimum absolute atomic E-state index is 0.0325. The summed E-state index contributed by atoms with van der Waals surface area (Å²) in [4.78, 5) is 15.7. The molecule has 0 fully saturated rings. The Hall–Kier alpha value is -2.62. The van der Waals surface area contributed by atoms with Gasteiger partial charge in [-0.25, -0.2) is 0 Å². The van der Waals surface area contributed by atoms with E-state index in [0.717, 1.165) is 22.7 Å². The van der Waals surface area contributed by atoms with Gasteiger partial charge < -0.3 is 9.47 Å². The van der Waals surface area contributed by atoms with Crippen LogP contribution in [-0.2, 0) is 0 Å². The molecule has 0 aliphatic carbocycles. The molecule has 0 bridgehead atoms. The normalized spacial score (nSPS) is 12.8. The lowest BCUT2D eigenvalue weighted by Crippen LogP contribution is -1.92. The zero-order valence-corrected chi connectivity index (χ0v) is 11.0.